The van der Waals surface area contributed by atoms with Crippen LogP contribution in [0.1, 0.15) is 53.8 Å². The van der Waals surface area contributed by atoms with Gasteiger partial charge in [0.25, 0.3) is 5.72 Å². The van der Waals surface area contributed by atoms with Gasteiger partial charge in [-0.2, -0.15) is 5.21 Å². The lowest BCUT2D eigenvalue weighted by molar-refractivity contribution is -0.0154. The number of para-hydroxylation sites is 1. The first-order valence-corrected chi connectivity index (χ1v) is 11.0. The molecule has 1 aliphatic rings. The second kappa shape index (κ2) is 10.3. The number of rotatable bonds is 11. The Labute approximate surface area is 191 Å². The molecule has 3 aromatic rings. The molecule has 1 aromatic heterocycles. The normalized spacial score (nSPS) is 16.9. The number of unbranched alkanes of at least 4 members (excludes halogenated alkanes) is 4. The van der Waals surface area contributed by atoms with E-state index in [0.29, 0.717) is 23.5 Å². The third-order valence-electron chi connectivity index (χ3n) is 5.36. The minimum atomic E-state index is -1.46. The van der Waals surface area contributed by atoms with Crippen LogP contribution in [0.5, 0.6) is 17.2 Å². The van der Waals surface area contributed by atoms with Gasteiger partial charge in [-0.1, -0.05) is 25.0 Å². The van der Waals surface area contributed by atoms with E-state index in [1.807, 2.05) is 6.08 Å². The minimum absolute atomic E-state index is 0.0164. The van der Waals surface area contributed by atoms with Gasteiger partial charge < -0.3 is 14.2 Å². The molecule has 0 bridgehead atoms. The highest BCUT2D eigenvalue weighted by atomic mass is 16.6. The molecule has 0 aliphatic carbocycles. The van der Waals surface area contributed by atoms with Crippen molar-refractivity contribution >= 4 is 5.78 Å². The molecule has 2 aromatic carbocycles. The van der Waals surface area contributed by atoms with Crippen LogP contribution < -0.4 is 19.9 Å². The Hall–Kier alpha value is -3.72. The van der Waals surface area contributed by atoms with E-state index < -0.39 is 5.72 Å². The third kappa shape index (κ3) is 5.20. The van der Waals surface area contributed by atoms with Crippen molar-refractivity contribution in [3.8, 4) is 17.2 Å². The van der Waals surface area contributed by atoms with Crippen molar-refractivity contribution in [3.05, 3.63) is 72.1 Å². The van der Waals surface area contributed by atoms with Crippen LogP contribution in [0.2, 0.25) is 0 Å². The first-order chi connectivity index (χ1) is 16.1. The van der Waals surface area contributed by atoms with Crippen LogP contribution in [0.3, 0.4) is 0 Å². The fraction of sp³-hybridized carbons (Fsp3) is 0.333. The van der Waals surface area contributed by atoms with Gasteiger partial charge in [0.05, 0.1) is 12.2 Å². The average Bonchev–Trinajstić information content (AvgIpc) is 3.39. The van der Waals surface area contributed by atoms with Crippen molar-refractivity contribution in [2.45, 2.75) is 37.8 Å². The maximum atomic E-state index is 13.2. The molecule has 3 N–H and O–H groups in total. The van der Waals surface area contributed by atoms with E-state index in [0.717, 1.165) is 25.0 Å². The van der Waals surface area contributed by atoms with Gasteiger partial charge in [-0.15, -0.1) is 16.8 Å². The molecule has 0 amide bonds. The molecule has 0 radical (unpaired) electrons. The number of nitrogens with one attached hydrogen (secondary N) is 1. The number of ether oxygens (including phenoxy) is 3. The van der Waals surface area contributed by atoms with Crippen LogP contribution in [-0.2, 0) is 5.72 Å². The lowest BCUT2D eigenvalue weighted by Crippen LogP contribution is -2.51. The summed E-state index contributed by atoms with van der Waals surface area (Å²) in [4.78, 5) is 13.2. The van der Waals surface area contributed by atoms with Crippen LogP contribution in [-0.4, -0.2) is 39.6 Å². The lowest BCUT2D eigenvalue weighted by atomic mass is 10.0. The number of hydrogen-bond donors (Lipinski definition) is 2. The topological polar surface area (TPSA) is 125 Å². The summed E-state index contributed by atoms with van der Waals surface area (Å²) in [6.45, 7) is 4.37. The first-order valence-electron chi connectivity index (χ1n) is 11.0. The summed E-state index contributed by atoms with van der Waals surface area (Å²) in [5.74, 6) is 1.32. The molecule has 0 saturated carbocycles. The number of carbonyl (C=O) groups is 1. The van der Waals surface area contributed by atoms with Crippen LogP contribution in [0.25, 0.3) is 0 Å². The number of nitrogens with zero attached hydrogens (tertiary/aromatic N) is 3. The summed E-state index contributed by atoms with van der Waals surface area (Å²) in [7, 11) is 0. The zero-order valence-electron chi connectivity index (χ0n) is 18.3. The fourth-order valence-electron chi connectivity index (χ4n) is 3.55. The molecule has 0 saturated heterocycles. The molecule has 4 rings (SSSR count). The number of aromatic nitrogens is 4. The average molecular weight is 450 g/mol. The smallest absolute Gasteiger partial charge is 0.257 e. The number of ketones is 1. The van der Waals surface area contributed by atoms with Crippen LogP contribution >= 0.6 is 0 Å². The van der Waals surface area contributed by atoms with Crippen molar-refractivity contribution < 1.29 is 19.0 Å². The summed E-state index contributed by atoms with van der Waals surface area (Å²) in [5.41, 5.74) is 5.67. The summed E-state index contributed by atoms with van der Waals surface area (Å²) in [6, 6.07) is 12.2. The fourth-order valence-corrected chi connectivity index (χ4v) is 3.55. The summed E-state index contributed by atoms with van der Waals surface area (Å²) >= 11 is 0. The standard InChI is InChI=1S/C24H27N5O4/c1-2-3-4-5-6-7-15-31-18-13-11-17(12-14-18)21(30)19-9-8-10-20-22(19)33-24(25,16-32-20)23-26-28-29-27-23/h2,8-14H,1,3-7,15-16,25H2,(H,26,27,28,29). The molecule has 172 valence electrons. The van der Waals surface area contributed by atoms with E-state index in [1.54, 1.807) is 42.5 Å². The predicted molar refractivity (Wildman–Crippen MR) is 121 cm³/mol. The number of tetrazole rings is 1. The second-order valence-corrected chi connectivity index (χ2v) is 7.84. The van der Waals surface area contributed by atoms with Crippen molar-refractivity contribution in [2.75, 3.05) is 13.2 Å². The predicted octanol–water partition coefficient (Wildman–Crippen LogP) is 3.53. The molecule has 1 atom stereocenters. The maximum Gasteiger partial charge on any atom is 0.257 e. The van der Waals surface area contributed by atoms with Gasteiger partial charge in [-0.25, -0.2) is 0 Å². The van der Waals surface area contributed by atoms with Crippen LogP contribution in [0.15, 0.2) is 55.1 Å². The van der Waals surface area contributed by atoms with Gasteiger partial charge in [-0.05, 0) is 60.9 Å². The highest BCUT2D eigenvalue weighted by molar-refractivity contribution is 6.11. The zero-order valence-corrected chi connectivity index (χ0v) is 18.3. The van der Waals surface area contributed by atoms with Gasteiger partial charge in [-0.3, -0.25) is 10.5 Å². The molecular formula is C24H27N5O4. The van der Waals surface area contributed by atoms with E-state index in [2.05, 4.69) is 27.2 Å². The summed E-state index contributed by atoms with van der Waals surface area (Å²) in [6.07, 6.45) is 7.46. The molecule has 33 heavy (non-hydrogen) atoms. The Morgan fingerprint density at radius 1 is 1.18 bits per heavy atom. The Morgan fingerprint density at radius 3 is 2.76 bits per heavy atom. The number of H-pyrrole nitrogens is 1. The van der Waals surface area contributed by atoms with E-state index in [-0.39, 0.29) is 24.0 Å². The highest BCUT2D eigenvalue weighted by Crippen LogP contribution is 2.40. The Balaban J connectivity index is 1.41. The highest BCUT2D eigenvalue weighted by Gasteiger charge is 2.41. The molecular weight excluding hydrogens is 422 g/mol. The number of benzene rings is 2. The quantitative estimate of drug-likeness (QED) is 0.259. The number of hydrogen-bond acceptors (Lipinski definition) is 8. The largest absolute Gasteiger partial charge is 0.494 e. The zero-order chi connectivity index (χ0) is 23.1. The second-order valence-electron chi connectivity index (χ2n) is 7.84. The molecule has 9 heteroatoms. The maximum absolute atomic E-state index is 13.2. The van der Waals surface area contributed by atoms with Gasteiger partial charge >= 0.3 is 0 Å². The van der Waals surface area contributed by atoms with Crippen LogP contribution in [0, 0.1) is 0 Å². The van der Waals surface area contributed by atoms with E-state index in [1.165, 1.54) is 12.8 Å². The van der Waals surface area contributed by atoms with Crippen molar-refractivity contribution in [1.29, 1.82) is 0 Å². The lowest BCUT2D eigenvalue weighted by Gasteiger charge is -2.33. The monoisotopic (exact) mass is 449 g/mol. The van der Waals surface area contributed by atoms with Gasteiger partial charge in [0.1, 0.15) is 12.4 Å². The van der Waals surface area contributed by atoms with Crippen LogP contribution in [0.4, 0.5) is 0 Å². The molecule has 9 nitrogen and oxygen atoms in total. The summed E-state index contributed by atoms with van der Waals surface area (Å²) < 4.78 is 17.5. The van der Waals surface area contributed by atoms with Gasteiger partial charge in [0.15, 0.2) is 17.3 Å². The number of carbonyl (C=O) groups excluding carboxylic acids is 1. The van der Waals surface area contributed by atoms with E-state index in [9.17, 15) is 4.79 Å². The van der Waals surface area contributed by atoms with Crippen molar-refractivity contribution in [2.24, 2.45) is 5.73 Å². The molecule has 2 heterocycles. The third-order valence-corrected chi connectivity index (χ3v) is 5.36. The minimum Gasteiger partial charge on any atom is -0.494 e. The number of allylic oxidation sites excluding steroid dienone is 1. The number of fused-ring (bicyclic) bond motifs is 1. The Bertz CT molecular complexity index is 1080. The van der Waals surface area contributed by atoms with E-state index >= 15 is 0 Å². The molecule has 0 fully saturated rings. The molecule has 1 unspecified atom stereocenters. The SMILES string of the molecule is C=CCCCCCCOc1ccc(C(=O)c2cccc3c2OC(N)(c2nn[nH]n2)CO3)cc1. The van der Waals surface area contributed by atoms with Crippen molar-refractivity contribution in [3.63, 3.8) is 0 Å². The van der Waals surface area contributed by atoms with Gasteiger partial charge in [0.2, 0.25) is 5.82 Å². The molecule has 0 spiro atoms. The number of aromatic amines is 1. The van der Waals surface area contributed by atoms with Crippen molar-refractivity contribution in [1.82, 2.24) is 20.6 Å². The van der Waals surface area contributed by atoms with E-state index in [4.69, 9.17) is 19.9 Å². The summed E-state index contributed by atoms with van der Waals surface area (Å²) in [5, 5.41) is 13.7. The first kappa shape index (κ1) is 22.5. The Kier molecular flexibility index (Phi) is 6.99. The number of nitrogens with two attached hydrogens (primary N) is 1. The molecule has 1 aliphatic heterocycles. The van der Waals surface area contributed by atoms with Gasteiger partial charge in [0, 0.05) is 5.56 Å². The Morgan fingerprint density at radius 2 is 2.00 bits per heavy atom.